The third-order valence-electron chi connectivity index (χ3n) is 6.60. The van der Waals surface area contributed by atoms with E-state index in [4.69, 9.17) is 0 Å². The number of hydrogen-bond donors (Lipinski definition) is 1. The number of carbonyl (C=O) groups is 2. The Morgan fingerprint density at radius 3 is 2.00 bits per heavy atom. The maximum atomic E-state index is 13.6. The summed E-state index contributed by atoms with van der Waals surface area (Å²) < 4.78 is 0. The van der Waals surface area contributed by atoms with Crippen LogP contribution in [-0.4, -0.2) is 29.8 Å². The van der Waals surface area contributed by atoms with Gasteiger partial charge in [-0.05, 0) is 56.1 Å². The summed E-state index contributed by atoms with van der Waals surface area (Å²) in [6.45, 7) is 3.73. The van der Waals surface area contributed by atoms with Crippen LogP contribution in [0, 0.1) is 11.8 Å². The van der Waals surface area contributed by atoms with Crippen LogP contribution < -0.4 is 5.32 Å². The van der Waals surface area contributed by atoms with Gasteiger partial charge in [-0.3, -0.25) is 9.59 Å². The van der Waals surface area contributed by atoms with Gasteiger partial charge in [-0.2, -0.15) is 0 Å². The van der Waals surface area contributed by atoms with Gasteiger partial charge in [-0.15, -0.1) is 0 Å². The summed E-state index contributed by atoms with van der Waals surface area (Å²) in [6, 6.07) is 7.53. The molecular formula is C25H38N2O2. The monoisotopic (exact) mass is 398 g/mol. The van der Waals surface area contributed by atoms with Gasteiger partial charge in [-0.1, -0.05) is 57.6 Å². The third-order valence-corrected chi connectivity index (χ3v) is 6.60. The van der Waals surface area contributed by atoms with Crippen molar-refractivity contribution < 1.29 is 9.59 Å². The molecule has 0 saturated heterocycles. The van der Waals surface area contributed by atoms with Crippen LogP contribution in [0.3, 0.4) is 0 Å². The van der Waals surface area contributed by atoms with Crippen LogP contribution in [0.5, 0.6) is 0 Å². The van der Waals surface area contributed by atoms with Crippen molar-refractivity contribution in [2.24, 2.45) is 11.8 Å². The lowest BCUT2D eigenvalue weighted by molar-refractivity contribution is -0.116. The molecule has 160 valence electrons. The maximum Gasteiger partial charge on any atom is 0.255 e. The molecule has 0 unspecified atom stereocenters. The summed E-state index contributed by atoms with van der Waals surface area (Å²) in [7, 11) is 0. The summed E-state index contributed by atoms with van der Waals surface area (Å²) in [5.41, 5.74) is 1.30. The highest BCUT2D eigenvalue weighted by molar-refractivity contribution is 6.03. The fourth-order valence-electron chi connectivity index (χ4n) is 4.99. The Kier molecular flexibility index (Phi) is 8.57. The average molecular weight is 399 g/mol. The summed E-state index contributed by atoms with van der Waals surface area (Å²) >= 11 is 0. The minimum atomic E-state index is -0.0149. The summed E-state index contributed by atoms with van der Waals surface area (Å²) in [6.07, 6.45) is 14.1. The molecule has 2 aliphatic rings. The number of nitrogens with zero attached hydrogens (tertiary/aromatic N) is 1. The van der Waals surface area contributed by atoms with Crippen molar-refractivity contribution in [3.63, 3.8) is 0 Å². The Bertz CT molecular complexity index is 641. The smallest absolute Gasteiger partial charge is 0.255 e. The predicted molar refractivity (Wildman–Crippen MR) is 119 cm³/mol. The lowest BCUT2D eigenvalue weighted by atomic mass is 9.86. The van der Waals surface area contributed by atoms with Crippen molar-refractivity contribution in [1.29, 1.82) is 0 Å². The fraction of sp³-hybridized carbons (Fsp3) is 0.680. The SMILES string of the molecule is CCCC(=O)Nc1ccccc1C(=O)N(CC1CCCCC1)CC1CCCCC1. The van der Waals surface area contributed by atoms with Crippen LogP contribution >= 0.6 is 0 Å². The van der Waals surface area contributed by atoms with Gasteiger partial charge in [-0.25, -0.2) is 0 Å². The van der Waals surface area contributed by atoms with Gasteiger partial charge in [0, 0.05) is 19.5 Å². The van der Waals surface area contributed by atoms with Crippen molar-refractivity contribution in [2.75, 3.05) is 18.4 Å². The number of rotatable bonds is 8. The largest absolute Gasteiger partial charge is 0.338 e. The third kappa shape index (κ3) is 6.58. The molecule has 3 rings (SSSR count). The number of para-hydroxylation sites is 1. The predicted octanol–water partition coefficient (Wildman–Crippen LogP) is 6.03. The van der Waals surface area contributed by atoms with E-state index in [0.717, 1.165) is 19.5 Å². The van der Waals surface area contributed by atoms with Crippen LogP contribution in [0.2, 0.25) is 0 Å². The van der Waals surface area contributed by atoms with Gasteiger partial charge in [0.1, 0.15) is 0 Å². The number of amides is 2. The van der Waals surface area contributed by atoms with Crippen LogP contribution in [-0.2, 0) is 4.79 Å². The zero-order valence-corrected chi connectivity index (χ0v) is 18.1. The Hall–Kier alpha value is -1.84. The van der Waals surface area contributed by atoms with Gasteiger partial charge in [0.05, 0.1) is 11.3 Å². The zero-order valence-electron chi connectivity index (χ0n) is 18.1. The highest BCUT2D eigenvalue weighted by atomic mass is 16.2. The van der Waals surface area contributed by atoms with E-state index in [9.17, 15) is 9.59 Å². The molecule has 0 spiro atoms. The molecule has 1 aromatic rings. The quantitative estimate of drug-likeness (QED) is 0.581. The number of hydrogen-bond acceptors (Lipinski definition) is 2. The highest BCUT2D eigenvalue weighted by Gasteiger charge is 2.27. The second-order valence-electron chi connectivity index (χ2n) is 9.06. The Labute approximate surface area is 176 Å². The van der Waals surface area contributed by atoms with Crippen molar-refractivity contribution in [3.8, 4) is 0 Å². The van der Waals surface area contributed by atoms with Crippen LogP contribution in [0.1, 0.15) is 94.3 Å². The van der Waals surface area contributed by atoms with E-state index in [1.165, 1.54) is 64.2 Å². The molecule has 0 aliphatic heterocycles. The van der Waals surface area contributed by atoms with Gasteiger partial charge in [0.25, 0.3) is 5.91 Å². The van der Waals surface area contributed by atoms with Crippen molar-refractivity contribution in [3.05, 3.63) is 29.8 Å². The molecule has 0 radical (unpaired) electrons. The van der Waals surface area contributed by atoms with Crippen molar-refractivity contribution in [2.45, 2.75) is 84.0 Å². The van der Waals surface area contributed by atoms with Crippen molar-refractivity contribution >= 4 is 17.5 Å². The van der Waals surface area contributed by atoms with E-state index in [1.807, 2.05) is 31.2 Å². The number of anilines is 1. The van der Waals surface area contributed by atoms with E-state index in [2.05, 4.69) is 10.2 Å². The molecule has 2 saturated carbocycles. The minimum absolute atomic E-state index is 0.0149. The lowest BCUT2D eigenvalue weighted by Gasteiger charge is -2.34. The molecule has 0 atom stereocenters. The first-order chi connectivity index (χ1) is 14.2. The molecule has 4 nitrogen and oxygen atoms in total. The molecule has 1 aromatic carbocycles. The van der Waals surface area contributed by atoms with E-state index < -0.39 is 0 Å². The van der Waals surface area contributed by atoms with Crippen LogP contribution in [0.25, 0.3) is 0 Å². The van der Waals surface area contributed by atoms with Crippen LogP contribution in [0.15, 0.2) is 24.3 Å². The number of carbonyl (C=O) groups excluding carboxylic acids is 2. The molecule has 2 amide bonds. The topological polar surface area (TPSA) is 49.4 Å². The molecule has 2 aliphatic carbocycles. The normalized spacial score (nSPS) is 18.4. The first kappa shape index (κ1) is 21.9. The minimum Gasteiger partial charge on any atom is -0.338 e. The molecule has 29 heavy (non-hydrogen) atoms. The summed E-state index contributed by atoms with van der Waals surface area (Å²) in [5, 5.41) is 2.97. The molecule has 2 fully saturated rings. The molecule has 4 heteroatoms. The number of benzene rings is 1. The van der Waals surface area contributed by atoms with Gasteiger partial charge >= 0.3 is 0 Å². The van der Waals surface area contributed by atoms with E-state index in [0.29, 0.717) is 29.5 Å². The zero-order chi connectivity index (χ0) is 20.5. The second kappa shape index (κ2) is 11.4. The summed E-state index contributed by atoms with van der Waals surface area (Å²) in [4.78, 5) is 27.9. The first-order valence-corrected chi connectivity index (χ1v) is 11.9. The first-order valence-electron chi connectivity index (χ1n) is 11.9. The summed E-state index contributed by atoms with van der Waals surface area (Å²) in [5.74, 6) is 1.32. The Balaban J connectivity index is 1.76. The molecule has 0 heterocycles. The molecular weight excluding hydrogens is 360 g/mol. The van der Waals surface area contributed by atoms with Crippen LogP contribution in [0.4, 0.5) is 5.69 Å². The average Bonchev–Trinajstić information content (AvgIpc) is 2.75. The molecule has 0 aromatic heterocycles. The van der Waals surface area contributed by atoms with Gasteiger partial charge in [0.15, 0.2) is 0 Å². The Morgan fingerprint density at radius 1 is 0.897 bits per heavy atom. The molecule has 0 bridgehead atoms. The van der Waals surface area contributed by atoms with Gasteiger partial charge < -0.3 is 10.2 Å². The fourth-order valence-corrected chi connectivity index (χ4v) is 4.99. The maximum absolute atomic E-state index is 13.6. The van der Waals surface area contributed by atoms with Gasteiger partial charge in [0.2, 0.25) is 5.91 Å². The standard InChI is InChI=1S/C25H38N2O2/c1-2-11-24(28)26-23-17-10-9-16-22(23)25(29)27(18-20-12-5-3-6-13-20)19-21-14-7-4-8-15-21/h9-10,16-17,20-21H,2-8,11-15,18-19H2,1H3,(H,26,28). The number of nitrogens with one attached hydrogen (secondary N) is 1. The second-order valence-corrected chi connectivity index (χ2v) is 9.06. The van der Waals surface area contributed by atoms with E-state index in [1.54, 1.807) is 0 Å². The van der Waals surface area contributed by atoms with Crippen molar-refractivity contribution in [1.82, 2.24) is 4.90 Å². The van der Waals surface area contributed by atoms with E-state index in [-0.39, 0.29) is 11.8 Å². The highest BCUT2D eigenvalue weighted by Crippen LogP contribution is 2.29. The lowest BCUT2D eigenvalue weighted by Crippen LogP contribution is -2.40. The Morgan fingerprint density at radius 2 is 1.45 bits per heavy atom. The van der Waals surface area contributed by atoms with E-state index >= 15 is 0 Å². The molecule has 1 N–H and O–H groups in total.